The smallest absolute Gasteiger partial charge is 0.302 e. The van der Waals surface area contributed by atoms with Crippen LogP contribution in [-0.4, -0.2) is 26.0 Å². The number of rotatable bonds is 4. The number of amides is 1. The molecule has 0 aliphatic carbocycles. The minimum atomic E-state index is -0.370. The quantitative estimate of drug-likeness (QED) is 0.820. The molecule has 0 fully saturated rings. The number of hydrogen-bond acceptors (Lipinski definition) is 4. The van der Waals surface area contributed by atoms with E-state index in [1.54, 1.807) is 26.2 Å². The molecular formula is C14H22N2O3. The Morgan fingerprint density at radius 1 is 1.21 bits per heavy atom. The lowest BCUT2D eigenvalue weighted by molar-refractivity contribution is -0.142. The molecule has 0 unspecified atom stereocenters. The maximum absolute atomic E-state index is 11.7. The average Bonchev–Trinajstić information content (AvgIpc) is 2.46. The molecule has 2 N–H and O–H groups in total. The second kappa shape index (κ2) is 8.97. The van der Waals surface area contributed by atoms with E-state index in [0.717, 1.165) is 5.69 Å². The molecule has 0 saturated heterocycles. The van der Waals surface area contributed by atoms with Gasteiger partial charge in [-0.3, -0.25) is 9.59 Å². The van der Waals surface area contributed by atoms with Crippen LogP contribution in [0.1, 0.15) is 36.7 Å². The molecule has 1 amide bonds. The highest BCUT2D eigenvalue weighted by atomic mass is 16.5. The van der Waals surface area contributed by atoms with Crippen LogP contribution in [-0.2, 0) is 16.1 Å². The zero-order valence-electron chi connectivity index (χ0n) is 12.2. The molecule has 0 radical (unpaired) electrons. The first-order valence-electron chi connectivity index (χ1n) is 6.24. The molecule has 5 heteroatoms. The van der Waals surface area contributed by atoms with Gasteiger partial charge in [0.2, 0.25) is 0 Å². The Balaban J connectivity index is 0.00000154. The summed E-state index contributed by atoms with van der Waals surface area (Å²) in [4.78, 5) is 22.4. The topological polar surface area (TPSA) is 67.4 Å². The molecule has 1 rings (SSSR count). The van der Waals surface area contributed by atoms with Crippen molar-refractivity contribution in [2.45, 2.75) is 27.4 Å². The predicted molar refractivity (Wildman–Crippen MR) is 76.2 cm³/mol. The molecule has 1 aromatic rings. The van der Waals surface area contributed by atoms with Crippen molar-refractivity contribution < 1.29 is 14.3 Å². The second-order valence-electron chi connectivity index (χ2n) is 3.48. The maximum atomic E-state index is 11.7. The van der Waals surface area contributed by atoms with Crippen molar-refractivity contribution in [3.8, 4) is 0 Å². The molecule has 0 heterocycles. The average molecular weight is 266 g/mol. The van der Waals surface area contributed by atoms with E-state index < -0.39 is 0 Å². The Morgan fingerprint density at radius 3 is 2.32 bits per heavy atom. The first-order valence-corrected chi connectivity index (χ1v) is 6.24. The predicted octanol–water partition coefficient (Wildman–Crippen LogP) is 2.18. The number of anilines is 1. The van der Waals surface area contributed by atoms with Crippen LogP contribution in [0, 0.1) is 0 Å². The lowest BCUT2D eigenvalue weighted by Crippen LogP contribution is -2.20. The molecular weight excluding hydrogens is 244 g/mol. The number of carbonyl (C=O) groups is 2. The molecule has 106 valence electrons. The fourth-order valence-electron chi connectivity index (χ4n) is 1.38. The van der Waals surface area contributed by atoms with Crippen LogP contribution in [0.15, 0.2) is 18.2 Å². The summed E-state index contributed by atoms with van der Waals surface area (Å²) in [5, 5.41) is 5.50. The van der Waals surface area contributed by atoms with Gasteiger partial charge in [0.15, 0.2) is 0 Å². The fraction of sp³-hybridized carbons (Fsp3) is 0.429. The van der Waals surface area contributed by atoms with E-state index in [2.05, 4.69) is 10.6 Å². The molecule has 0 bridgehead atoms. The maximum Gasteiger partial charge on any atom is 0.302 e. The van der Waals surface area contributed by atoms with E-state index in [-0.39, 0.29) is 18.5 Å². The van der Waals surface area contributed by atoms with E-state index in [0.29, 0.717) is 11.1 Å². The van der Waals surface area contributed by atoms with Gasteiger partial charge in [0.05, 0.1) is 0 Å². The summed E-state index contributed by atoms with van der Waals surface area (Å²) in [7, 11) is 3.33. The number of carbonyl (C=O) groups excluding carboxylic acids is 2. The van der Waals surface area contributed by atoms with Gasteiger partial charge in [0, 0.05) is 37.8 Å². The van der Waals surface area contributed by atoms with Crippen molar-refractivity contribution in [2.75, 3.05) is 19.4 Å². The van der Waals surface area contributed by atoms with Gasteiger partial charge >= 0.3 is 5.97 Å². The zero-order valence-corrected chi connectivity index (χ0v) is 12.2. The summed E-state index contributed by atoms with van der Waals surface area (Å²) in [6.45, 7) is 5.43. The highest BCUT2D eigenvalue weighted by Crippen LogP contribution is 2.16. The Kier molecular flexibility index (Phi) is 8.00. The molecule has 5 nitrogen and oxygen atoms in total. The number of ether oxygens (including phenoxy) is 1. The van der Waals surface area contributed by atoms with Crippen molar-refractivity contribution in [1.82, 2.24) is 5.32 Å². The minimum absolute atomic E-state index is 0.0993. The van der Waals surface area contributed by atoms with Gasteiger partial charge in [-0.05, 0) is 12.1 Å². The van der Waals surface area contributed by atoms with E-state index >= 15 is 0 Å². The van der Waals surface area contributed by atoms with Crippen molar-refractivity contribution in [3.63, 3.8) is 0 Å². The molecule has 19 heavy (non-hydrogen) atoms. The molecule has 0 atom stereocenters. The van der Waals surface area contributed by atoms with Crippen LogP contribution >= 0.6 is 0 Å². The number of esters is 1. The van der Waals surface area contributed by atoms with Crippen LogP contribution in [0.25, 0.3) is 0 Å². The van der Waals surface area contributed by atoms with Crippen molar-refractivity contribution in [3.05, 3.63) is 29.3 Å². The third-order valence-electron chi connectivity index (χ3n) is 2.30. The van der Waals surface area contributed by atoms with Gasteiger partial charge in [-0.25, -0.2) is 0 Å². The molecule has 0 saturated carbocycles. The van der Waals surface area contributed by atoms with E-state index in [4.69, 9.17) is 4.74 Å². The van der Waals surface area contributed by atoms with Crippen LogP contribution in [0.4, 0.5) is 5.69 Å². The van der Waals surface area contributed by atoms with Crippen LogP contribution in [0.3, 0.4) is 0 Å². The second-order valence-corrected chi connectivity index (χ2v) is 3.48. The first kappa shape index (κ1) is 17.0. The van der Waals surface area contributed by atoms with E-state index in [9.17, 15) is 9.59 Å². The Morgan fingerprint density at radius 2 is 1.84 bits per heavy atom. The lowest BCUT2D eigenvalue weighted by atomic mass is 10.1. The van der Waals surface area contributed by atoms with Crippen LogP contribution in [0.2, 0.25) is 0 Å². The molecule has 0 aromatic heterocycles. The van der Waals surface area contributed by atoms with E-state index in [1.165, 1.54) is 6.92 Å². The highest BCUT2D eigenvalue weighted by molar-refractivity contribution is 5.96. The van der Waals surface area contributed by atoms with E-state index in [1.807, 2.05) is 19.9 Å². The van der Waals surface area contributed by atoms with Gasteiger partial charge in [-0.2, -0.15) is 0 Å². The lowest BCUT2D eigenvalue weighted by Gasteiger charge is -2.10. The van der Waals surface area contributed by atoms with Crippen molar-refractivity contribution in [1.29, 1.82) is 0 Å². The minimum Gasteiger partial charge on any atom is -0.461 e. The number of benzene rings is 1. The summed E-state index contributed by atoms with van der Waals surface area (Å²) >= 11 is 0. The summed E-state index contributed by atoms with van der Waals surface area (Å²) in [5.41, 5.74) is 2.01. The van der Waals surface area contributed by atoms with Gasteiger partial charge in [0.1, 0.15) is 6.61 Å². The summed E-state index contributed by atoms with van der Waals surface area (Å²) in [5.74, 6) is -0.574. The Bertz CT molecular complexity index is 431. The first-order chi connectivity index (χ1) is 9.08. The van der Waals surface area contributed by atoms with Gasteiger partial charge < -0.3 is 15.4 Å². The monoisotopic (exact) mass is 266 g/mol. The van der Waals surface area contributed by atoms with Crippen LogP contribution < -0.4 is 10.6 Å². The van der Waals surface area contributed by atoms with Crippen LogP contribution in [0.5, 0.6) is 0 Å². The van der Waals surface area contributed by atoms with Gasteiger partial charge in [-0.15, -0.1) is 0 Å². The molecule has 0 aliphatic heterocycles. The summed E-state index contributed by atoms with van der Waals surface area (Å²) in [6, 6.07) is 5.31. The number of nitrogens with one attached hydrogen (secondary N) is 2. The molecule has 1 aromatic carbocycles. The van der Waals surface area contributed by atoms with Gasteiger partial charge in [-0.1, -0.05) is 19.9 Å². The molecule has 0 spiro atoms. The third-order valence-corrected chi connectivity index (χ3v) is 2.30. The largest absolute Gasteiger partial charge is 0.461 e. The van der Waals surface area contributed by atoms with Crippen molar-refractivity contribution >= 4 is 17.6 Å². The Labute approximate surface area is 114 Å². The highest BCUT2D eigenvalue weighted by Gasteiger charge is 2.11. The summed E-state index contributed by atoms with van der Waals surface area (Å²) < 4.78 is 4.90. The summed E-state index contributed by atoms with van der Waals surface area (Å²) in [6.07, 6.45) is 0. The normalized spacial score (nSPS) is 8.89. The SMILES string of the molecule is CC.CNC(=O)c1cc(NC)ccc1COC(C)=O. The standard InChI is InChI=1S/C12H16N2O3.C2H6/c1-8(15)17-7-9-4-5-10(13-2)6-11(9)12(16)14-3;1-2/h4-6,13H,7H2,1-3H3,(H,14,16);1-2H3. The zero-order chi connectivity index (χ0) is 14.8. The third kappa shape index (κ3) is 5.42. The van der Waals surface area contributed by atoms with Crippen molar-refractivity contribution in [2.24, 2.45) is 0 Å². The fourth-order valence-corrected chi connectivity index (χ4v) is 1.38. The van der Waals surface area contributed by atoms with Gasteiger partial charge in [0.25, 0.3) is 5.91 Å². The Hall–Kier alpha value is -2.04. The number of hydrogen-bond donors (Lipinski definition) is 2. The molecule has 0 aliphatic rings.